The molecule has 3 rings (SSSR count). The number of benzene rings is 1. The number of halogens is 3. The zero-order valence-electron chi connectivity index (χ0n) is 14.8. The van der Waals surface area contributed by atoms with Gasteiger partial charge in [-0.3, -0.25) is 14.2 Å². The highest BCUT2D eigenvalue weighted by Crippen LogP contribution is 2.42. The number of nitrogen functional groups attached to an aromatic ring is 1. The van der Waals surface area contributed by atoms with Crippen LogP contribution in [-0.2, 0) is 15.3 Å². The molecule has 0 aliphatic heterocycles. The Kier molecular flexibility index (Phi) is 5.61. The number of alkyl halides is 3. The lowest BCUT2D eigenvalue weighted by Gasteiger charge is -2.19. The molecule has 0 saturated heterocycles. The Bertz CT molecular complexity index is 1090. The van der Waals surface area contributed by atoms with Crippen molar-refractivity contribution in [3.63, 3.8) is 0 Å². The summed E-state index contributed by atoms with van der Waals surface area (Å²) in [6.07, 6.45) is -3.74. The summed E-state index contributed by atoms with van der Waals surface area (Å²) in [6, 6.07) is 1.81. The summed E-state index contributed by atoms with van der Waals surface area (Å²) < 4.78 is 55.2. The number of nitrogens with zero attached hydrogens (tertiary/aromatic N) is 2. The number of fused-ring (bicyclic) bond motifs is 4. The third-order valence-corrected chi connectivity index (χ3v) is 5.48. The van der Waals surface area contributed by atoms with E-state index in [2.05, 4.69) is 0 Å². The van der Waals surface area contributed by atoms with Crippen LogP contribution >= 0.6 is 7.60 Å². The van der Waals surface area contributed by atoms with Crippen LogP contribution in [0.2, 0.25) is 0 Å². The van der Waals surface area contributed by atoms with Crippen LogP contribution < -0.4 is 16.9 Å². The SMILES string of the molecule is CCC(C)OP(=O)(O)CC.Nc1cc2c(cc1C(F)(F)F)n1c(=O)c(=O)n21. The van der Waals surface area contributed by atoms with Crippen molar-refractivity contribution in [2.24, 2.45) is 0 Å². The Morgan fingerprint density at radius 1 is 1.19 bits per heavy atom. The topological polar surface area (TPSA) is 116 Å². The van der Waals surface area contributed by atoms with Crippen LogP contribution in [0.25, 0.3) is 11.0 Å². The monoisotopic (exact) mass is 409 g/mol. The summed E-state index contributed by atoms with van der Waals surface area (Å²) in [5, 5.41) is 0. The van der Waals surface area contributed by atoms with Gasteiger partial charge in [0.25, 0.3) is 0 Å². The molecule has 2 atom stereocenters. The van der Waals surface area contributed by atoms with E-state index in [1.165, 1.54) is 0 Å². The summed E-state index contributed by atoms with van der Waals surface area (Å²) in [5.41, 5.74) is 2.45. The second-order valence-electron chi connectivity index (χ2n) is 5.94. The average Bonchev–Trinajstić information content (AvgIpc) is 2.55. The predicted molar refractivity (Wildman–Crippen MR) is 93.9 cm³/mol. The molecule has 8 nitrogen and oxygen atoms in total. The Balaban J connectivity index is 0.000000227. The molecule has 2 heterocycles. The van der Waals surface area contributed by atoms with Crippen LogP contribution in [-0.4, -0.2) is 26.2 Å². The molecule has 3 N–H and O–H groups in total. The van der Waals surface area contributed by atoms with Gasteiger partial charge < -0.3 is 15.2 Å². The summed E-state index contributed by atoms with van der Waals surface area (Å²) in [7, 11) is -3.25. The molecule has 12 heteroatoms. The summed E-state index contributed by atoms with van der Waals surface area (Å²) in [5.74, 6) is 0. The fourth-order valence-electron chi connectivity index (χ4n) is 2.32. The van der Waals surface area contributed by atoms with E-state index in [4.69, 9.17) is 15.2 Å². The van der Waals surface area contributed by atoms with Crippen molar-refractivity contribution >= 4 is 24.3 Å². The number of nitrogens with two attached hydrogens (primary N) is 1. The minimum absolute atomic E-state index is 0.0520. The normalized spacial score (nSPS) is 15.7. The van der Waals surface area contributed by atoms with E-state index in [0.29, 0.717) is 0 Å². The van der Waals surface area contributed by atoms with Crippen molar-refractivity contribution in [1.82, 2.24) is 9.03 Å². The number of anilines is 1. The second kappa shape index (κ2) is 7.14. The van der Waals surface area contributed by atoms with Crippen LogP contribution in [0.1, 0.15) is 32.8 Å². The first-order valence-corrected chi connectivity index (χ1v) is 9.79. The molecule has 0 amide bonds. The zero-order valence-corrected chi connectivity index (χ0v) is 15.7. The third kappa shape index (κ3) is 3.95. The second-order valence-corrected chi connectivity index (χ2v) is 8.06. The molecule has 2 aromatic heterocycles. The van der Waals surface area contributed by atoms with E-state index in [9.17, 15) is 27.3 Å². The quantitative estimate of drug-likeness (QED) is 0.388. The predicted octanol–water partition coefficient (Wildman–Crippen LogP) is 2.40. The third-order valence-electron chi connectivity index (χ3n) is 4.00. The molecule has 0 aliphatic rings. The molecule has 0 aliphatic carbocycles. The first-order valence-electron chi connectivity index (χ1n) is 8.03. The van der Waals surface area contributed by atoms with Crippen LogP contribution in [0.4, 0.5) is 18.9 Å². The molecular formula is C15H19F3N3O5P. The molecule has 0 radical (unpaired) electrons. The molecular weight excluding hydrogens is 390 g/mol. The highest BCUT2D eigenvalue weighted by molar-refractivity contribution is 7.52. The molecule has 2 unspecified atom stereocenters. The van der Waals surface area contributed by atoms with Gasteiger partial charge in [0.15, 0.2) is 0 Å². The average molecular weight is 409 g/mol. The summed E-state index contributed by atoms with van der Waals surface area (Å²) in [4.78, 5) is 31.1. The number of hydrogen-bond donors (Lipinski definition) is 2. The molecule has 1 aromatic carbocycles. The smallest absolute Gasteiger partial charge is 0.398 e. The van der Waals surface area contributed by atoms with Crippen LogP contribution in [0.3, 0.4) is 0 Å². The number of hydrogen-bond acceptors (Lipinski definition) is 5. The van der Waals surface area contributed by atoms with E-state index >= 15 is 0 Å². The highest BCUT2D eigenvalue weighted by atomic mass is 31.2. The molecule has 0 bridgehead atoms. The maximum absolute atomic E-state index is 12.5. The lowest BCUT2D eigenvalue weighted by molar-refractivity contribution is -0.136. The minimum atomic E-state index is -4.59. The van der Waals surface area contributed by atoms with Gasteiger partial charge in [-0.15, -0.1) is 0 Å². The Labute approximate surface area is 151 Å². The van der Waals surface area contributed by atoms with Gasteiger partial charge in [0.05, 0.1) is 22.7 Å². The molecule has 0 saturated carbocycles. The van der Waals surface area contributed by atoms with Gasteiger partial charge in [0.1, 0.15) is 0 Å². The van der Waals surface area contributed by atoms with Gasteiger partial charge in [0, 0.05) is 11.8 Å². The van der Waals surface area contributed by atoms with Crippen LogP contribution in [0.15, 0.2) is 21.7 Å². The van der Waals surface area contributed by atoms with E-state index in [-0.39, 0.29) is 23.3 Å². The fourth-order valence-corrected chi connectivity index (χ4v) is 3.18. The number of rotatable bonds is 4. The lowest BCUT2D eigenvalue weighted by atomic mass is 10.1. The maximum Gasteiger partial charge on any atom is 0.418 e. The maximum atomic E-state index is 12.5. The van der Waals surface area contributed by atoms with Crippen molar-refractivity contribution in [2.75, 3.05) is 11.9 Å². The van der Waals surface area contributed by atoms with Gasteiger partial charge in [0.2, 0.25) is 0 Å². The summed E-state index contributed by atoms with van der Waals surface area (Å²) >= 11 is 0. The van der Waals surface area contributed by atoms with Crippen LogP contribution in [0.5, 0.6) is 0 Å². The van der Waals surface area contributed by atoms with Gasteiger partial charge in [-0.2, -0.15) is 13.2 Å². The van der Waals surface area contributed by atoms with Crippen molar-refractivity contribution in [2.45, 2.75) is 39.5 Å². The largest absolute Gasteiger partial charge is 0.418 e. The van der Waals surface area contributed by atoms with Crippen molar-refractivity contribution in [1.29, 1.82) is 0 Å². The van der Waals surface area contributed by atoms with E-state index < -0.39 is 36.1 Å². The van der Waals surface area contributed by atoms with Gasteiger partial charge in [-0.25, -0.2) is 9.03 Å². The van der Waals surface area contributed by atoms with E-state index in [1.54, 1.807) is 13.8 Å². The highest BCUT2D eigenvalue weighted by Gasteiger charge is 2.35. The van der Waals surface area contributed by atoms with Crippen molar-refractivity contribution in [3.05, 3.63) is 38.4 Å². The molecule has 0 fully saturated rings. The van der Waals surface area contributed by atoms with E-state index in [0.717, 1.165) is 27.6 Å². The van der Waals surface area contributed by atoms with Crippen molar-refractivity contribution < 1.29 is 27.2 Å². The Morgan fingerprint density at radius 3 is 2.07 bits per heavy atom. The Morgan fingerprint density at radius 2 is 1.67 bits per heavy atom. The van der Waals surface area contributed by atoms with Gasteiger partial charge >= 0.3 is 24.9 Å². The molecule has 150 valence electrons. The lowest BCUT2D eigenvalue weighted by Crippen LogP contribution is -2.51. The number of aromatic nitrogens is 2. The zero-order chi connectivity index (χ0) is 20.7. The Hall–Kier alpha value is -2.10. The first kappa shape index (κ1) is 21.2. The van der Waals surface area contributed by atoms with E-state index in [1.807, 2.05) is 6.92 Å². The molecule has 3 aromatic rings. The first-order chi connectivity index (χ1) is 12.3. The van der Waals surface area contributed by atoms with Gasteiger partial charge in [-0.1, -0.05) is 13.8 Å². The van der Waals surface area contributed by atoms with Crippen LogP contribution in [0, 0.1) is 0 Å². The van der Waals surface area contributed by atoms with Gasteiger partial charge in [-0.05, 0) is 25.5 Å². The van der Waals surface area contributed by atoms with Crippen molar-refractivity contribution in [3.8, 4) is 0 Å². The summed E-state index contributed by atoms with van der Waals surface area (Å²) in [6.45, 7) is 5.35. The molecule has 27 heavy (non-hydrogen) atoms. The minimum Gasteiger partial charge on any atom is -0.398 e. The fraction of sp³-hybridized carbons (Fsp3) is 0.467. The molecule has 0 spiro atoms. The standard InChI is InChI=1S/C9H4F3N3O2.C6H15O3P/c10-9(11,12)3-1-5-6(2-4(3)13)15-8(17)7(16)14(5)15;1-4-6(3)9-10(7,8)5-2/h1-2H,13H2;6H,4-5H2,1-3H3,(H,7,8).